The van der Waals surface area contributed by atoms with Crippen LogP contribution in [-0.2, 0) is 10.0 Å². The number of nitrogens with zero attached hydrogens (tertiary/aromatic N) is 4. The lowest BCUT2D eigenvalue weighted by atomic mass is 9.90. The van der Waals surface area contributed by atoms with Crippen molar-refractivity contribution >= 4 is 56.2 Å². The van der Waals surface area contributed by atoms with E-state index in [1.165, 1.54) is 53.5 Å². The Bertz CT molecular complexity index is 1780. The van der Waals surface area contributed by atoms with Crippen LogP contribution in [-0.4, -0.2) is 42.2 Å². The molecule has 0 amide bonds. The molecular formula is C29H21Cl2N5O4S. The predicted molar refractivity (Wildman–Crippen MR) is 160 cm³/mol. The van der Waals surface area contributed by atoms with Gasteiger partial charge in [-0.15, -0.1) is 4.40 Å². The Morgan fingerprint density at radius 3 is 2.07 bits per heavy atom. The van der Waals surface area contributed by atoms with Gasteiger partial charge in [-0.2, -0.15) is 13.5 Å². The quantitative estimate of drug-likeness (QED) is 0.110. The molecule has 0 saturated heterocycles. The maximum Gasteiger partial charge on any atom is 0.284 e. The third-order valence-electron chi connectivity index (χ3n) is 6.41. The summed E-state index contributed by atoms with van der Waals surface area (Å²) in [6, 6.07) is 27.5. The van der Waals surface area contributed by atoms with Crippen molar-refractivity contribution in [2.45, 2.75) is 10.8 Å². The van der Waals surface area contributed by atoms with E-state index in [-0.39, 0.29) is 40.2 Å². The summed E-state index contributed by atoms with van der Waals surface area (Å²) >= 11 is 12.1. The zero-order valence-electron chi connectivity index (χ0n) is 21.2. The van der Waals surface area contributed by atoms with Crippen molar-refractivity contribution in [2.75, 3.05) is 6.54 Å². The zero-order valence-corrected chi connectivity index (χ0v) is 23.5. The highest BCUT2D eigenvalue weighted by Gasteiger charge is 2.34. The first-order valence-corrected chi connectivity index (χ1v) is 14.4. The Morgan fingerprint density at radius 1 is 0.902 bits per heavy atom. The Morgan fingerprint density at radius 2 is 1.49 bits per heavy atom. The van der Waals surface area contributed by atoms with Gasteiger partial charge in [0.2, 0.25) is 0 Å². The van der Waals surface area contributed by atoms with Crippen LogP contribution in [0.4, 0.5) is 5.69 Å². The van der Waals surface area contributed by atoms with Crippen LogP contribution in [0.15, 0.2) is 118 Å². The number of hydrazone groups is 1. The maximum atomic E-state index is 13.4. The van der Waals surface area contributed by atoms with E-state index in [0.717, 1.165) is 11.1 Å². The summed E-state index contributed by atoms with van der Waals surface area (Å²) in [5.74, 6) is -0.524. The minimum absolute atomic E-state index is 0.114. The van der Waals surface area contributed by atoms with Crippen LogP contribution in [0.1, 0.15) is 22.6 Å². The highest BCUT2D eigenvalue weighted by Crippen LogP contribution is 2.31. The van der Waals surface area contributed by atoms with Gasteiger partial charge in [0.1, 0.15) is 5.71 Å². The van der Waals surface area contributed by atoms with Crippen molar-refractivity contribution < 1.29 is 13.3 Å². The highest BCUT2D eigenvalue weighted by atomic mass is 35.5. The molecule has 0 bridgehead atoms. The molecule has 0 fully saturated rings. The van der Waals surface area contributed by atoms with Crippen LogP contribution in [0.3, 0.4) is 0 Å². The van der Waals surface area contributed by atoms with E-state index in [2.05, 4.69) is 4.40 Å². The first-order valence-electron chi connectivity index (χ1n) is 12.2. The number of rotatable bonds is 7. The molecule has 0 aromatic heterocycles. The molecule has 5 rings (SSSR count). The van der Waals surface area contributed by atoms with Gasteiger partial charge in [-0.25, -0.2) is 5.01 Å². The van der Waals surface area contributed by atoms with Crippen LogP contribution >= 0.6 is 23.2 Å². The number of amidine groups is 1. The van der Waals surface area contributed by atoms with Crippen molar-refractivity contribution in [1.82, 2.24) is 5.01 Å². The fourth-order valence-corrected chi connectivity index (χ4v) is 5.59. The summed E-state index contributed by atoms with van der Waals surface area (Å²) in [7, 11) is -4.31. The molecule has 9 nitrogen and oxygen atoms in total. The summed E-state index contributed by atoms with van der Waals surface area (Å²) in [5, 5.41) is 27.2. The summed E-state index contributed by atoms with van der Waals surface area (Å²) < 4.78 is 30.9. The number of nitro benzene ring substituents is 1. The summed E-state index contributed by atoms with van der Waals surface area (Å²) in [5.41, 5.74) is 2.14. The van der Waals surface area contributed by atoms with Gasteiger partial charge in [0.25, 0.3) is 15.7 Å². The van der Waals surface area contributed by atoms with Crippen molar-refractivity contribution in [3.8, 4) is 0 Å². The number of hydrogen-bond acceptors (Lipinski definition) is 6. The first kappa shape index (κ1) is 28.2. The number of sulfonamides is 1. The maximum absolute atomic E-state index is 13.4. The molecule has 1 heterocycles. The van der Waals surface area contributed by atoms with E-state index in [4.69, 9.17) is 33.7 Å². The van der Waals surface area contributed by atoms with Gasteiger partial charge >= 0.3 is 0 Å². The van der Waals surface area contributed by atoms with Gasteiger partial charge in [-0.05, 0) is 59.7 Å². The van der Waals surface area contributed by atoms with E-state index < -0.39 is 14.9 Å². The van der Waals surface area contributed by atoms with Crippen LogP contribution in [0, 0.1) is 15.5 Å². The van der Waals surface area contributed by atoms with E-state index in [0.29, 0.717) is 15.8 Å². The van der Waals surface area contributed by atoms with E-state index in [9.17, 15) is 18.5 Å². The fraction of sp³-hybridized carbons (Fsp3) is 0.0690. The standard InChI is InChI=1S/C29H21Cl2N5O4S/c30-22-10-6-21(7-11-22)28-26(19-4-2-1-3-5-19)18-35(33-28)29(27(32)20-8-14-24(15-9-20)36(37)38)34-41(39,40)25-16-12-23(31)13-17-25/h1-17,26,32H,18H2/b32-27?,34-29+. The predicted octanol–water partition coefficient (Wildman–Crippen LogP) is 6.56. The minimum Gasteiger partial charge on any atom is -0.296 e. The van der Waals surface area contributed by atoms with Crippen LogP contribution in [0.2, 0.25) is 10.0 Å². The molecule has 0 spiro atoms. The third kappa shape index (κ3) is 6.19. The molecule has 0 aliphatic carbocycles. The second kappa shape index (κ2) is 11.6. The third-order valence-corrected chi connectivity index (χ3v) is 8.19. The largest absolute Gasteiger partial charge is 0.296 e. The van der Waals surface area contributed by atoms with Crippen molar-refractivity contribution in [2.24, 2.45) is 9.50 Å². The van der Waals surface area contributed by atoms with Gasteiger partial charge in [0.15, 0.2) is 5.84 Å². The van der Waals surface area contributed by atoms with Crippen LogP contribution in [0.25, 0.3) is 0 Å². The van der Waals surface area contributed by atoms with Gasteiger partial charge in [0.05, 0.1) is 22.1 Å². The van der Waals surface area contributed by atoms with Gasteiger partial charge < -0.3 is 0 Å². The van der Waals surface area contributed by atoms with Crippen molar-refractivity contribution in [3.63, 3.8) is 0 Å². The van der Waals surface area contributed by atoms with Gasteiger partial charge in [-0.3, -0.25) is 15.5 Å². The van der Waals surface area contributed by atoms with Crippen molar-refractivity contribution in [3.05, 3.63) is 140 Å². The fourth-order valence-electron chi connectivity index (χ4n) is 4.34. The molecule has 206 valence electrons. The van der Waals surface area contributed by atoms with Crippen molar-refractivity contribution in [1.29, 1.82) is 5.41 Å². The molecule has 4 aromatic carbocycles. The average Bonchev–Trinajstić information content (AvgIpc) is 3.42. The molecule has 1 N–H and O–H groups in total. The second-order valence-electron chi connectivity index (χ2n) is 9.06. The molecule has 1 unspecified atom stereocenters. The second-order valence-corrected chi connectivity index (χ2v) is 11.5. The van der Waals surface area contributed by atoms with Gasteiger partial charge in [0, 0.05) is 33.7 Å². The Labute approximate surface area is 246 Å². The number of nitrogens with one attached hydrogen (secondary N) is 1. The number of halogens is 2. The molecule has 4 aromatic rings. The van der Waals surface area contributed by atoms with Crippen LogP contribution < -0.4 is 0 Å². The molecule has 0 saturated carbocycles. The molecule has 1 atom stereocenters. The lowest BCUT2D eigenvalue weighted by molar-refractivity contribution is -0.384. The Kier molecular flexibility index (Phi) is 7.98. The monoisotopic (exact) mass is 605 g/mol. The molecule has 1 aliphatic heterocycles. The number of hydrogen-bond donors (Lipinski definition) is 1. The molecule has 1 aliphatic rings. The molecule has 41 heavy (non-hydrogen) atoms. The van der Waals surface area contributed by atoms with E-state index in [1.54, 1.807) is 12.1 Å². The normalized spacial score (nSPS) is 15.5. The first-order chi connectivity index (χ1) is 19.6. The lowest BCUT2D eigenvalue weighted by Crippen LogP contribution is -2.33. The Balaban J connectivity index is 1.64. The van der Waals surface area contributed by atoms with Gasteiger partial charge in [-0.1, -0.05) is 65.7 Å². The SMILES string of the molecule is N=C(/C(=N\S(=O)(=O)c1ccc(Cl)cc1)N1CC(c2ccccc2)C(c2ccc(Cl)cc2)=N1)c1ccc([N+](=O)[O-])cc1. The number of non-ortho nitro benzene ring substituents is 1. The topological polar surface area (TPSA) is 129 Å². The molecule has 12 heteroatoms. The Hall–Kier alpha value is -4.38. The minimum atomic E-state index is -4.31. The van der Waals surface area contributed by atoms with E-state index >= 15 is 0 Å². The smallest absolute Gasteiger partial charge is 0.284 e. The van der Waals surface area contributed by atoms with Crippen LogP contribution in [0.5, 0.6) is 0 Å². The average molecular weight is 606 g/mol. The number of nitro groups is 1. The summed E-state index contributed by atoms with van der Waals surface area (Å²) in [6.07, 6.45) is 0. The molecule has 0 radical (unpaired) electrons. The molecular weight excluding hydrogens is 585 g/mol. The summed E-state index contributed by atoms with van der Waals surface area (Å²) in [4.78, 5) is 10.5. The zero-order chi connectivity index (χ0) is 29.1. The lowest BCUT2D eigenvalue weighted by Gasteiger charge is -2.19. The highest BCUT2D eigenvalue weighted by molar-refractivity contribution is 7.90. The van der Waals surface area contributed by atoms with E-state index in [1.807, 2.05) is 42.5 Å². The number of benzene rings is 4. The summed E-state index contributed by atoms with van der Waals surface area (Å²) in [6.45, 7) is 0.187.